The second-order valence-electron chi connectivity index (χ2n) is 8.86. The number of halogens is 1. The highest BCUT2D eigenvalue weighted by atomic mass is 127. The topological polar surface area (TPSA) is 90.7 Å². The van der Waals surface area contributed by atoms with Crippen molar-refractivity contribution < 1.29 is 14.6 Å². The Bertz CT molecular complexity index is 895. The molecule has 1 unspecified atom stereocenters. The predicted molar refractivity (Wildman–Crippen MR) is 155 cm³/mol. The molecule has 0 heterocycles. The first-order valence-corrected chi connectivity index (χ1v) is 14.0. The maximum atomic E-state index is 9.82. The van der Waals surface area contributed by atoms with E-state index >= 15 is 0 Å². The number of ether oxygens (including phenoxy) is 2. The molecule has 1 saturated carbocycles. The molecule has 5 nitrogen and oxygen atoms in total. The molecule has 7 heteroatoms. The van der Waals surface area contributed by atoms with E-state index in [-0.39, 0.29) is 5.75 Å². The van der Waals surface area contributed by atoms with Crippen LogP contribution < -0.4 is 26.2 Å². The molecule has 0 radical (unpaired) electrons. The molecule has 0 spiro atoms. The van der Waals surface area contributed by atoms with Crippen LogP contribution in [0.3, 0.4) is 0 Å². The molecule has 1 aliphatic rings. The Balaban J connectivity index is 0.000000945. The summed E-state index contributed by atoms with van der Waals surface area (Å²) in [7, 11) is 3.94. The molecule has 0 aliphatic heterocycles. The van der Waals surface area contributed by atoms with Gasteiger partial charge in [-0.1, -0.05) is 69.1 Å². The van der Waals surface area contributed by atoms with Gasteiger partial charge in [-0.05, 0) is 78.0 Å². The van der Waals surface area contributed by atoms with Crippen LogP contribution in [0.1, 0.15) is 62.5 Å². The van der Waals surface area contributed by atoms with Gasteiger partial charge in [-0.2, -0.15) is 0 Å². The van der Waals surface area contributed by atoms with Gasteiger partial charge in [0.15, 0.2) is 11.5 Å². The van der Waals surface area contributed by atoms with Crippen LogP contribution in [0.4, 0.5) is 0 Å². The number of phenolic OH excluding ortho intramolecular Hbond substituents is 1. The monoisotopic (exact) mass is 598 g/mol. The molecule has 0 bridgehead atoms. The van der Waals surface area contributed by atoms with Crippen molar-refractivity contribution in [3.05, 3.63) is 60.2 Å². The largest absolute Gasteiger partial charge is 0.507 e. The summed E-state index contributed by atoms with van der Waals surface area (Å²) in [6.45, 7) is 6.10. The number of hydrogen-bond donors (Lipinski definition) is 3. The molecule has 34 heavy (non-hydrogen) atoms. The van der Waals surface area contributed by atoms with Gasteiger partial charge in [0, 0.05) is 6.42 Å². The first-order valence-electron chi connectivity index (χ1n) is 11.9. The Labute approximate surface area is 221 Å². The van der Waals surface area contributed by atoms with Crippen LogP contribution in [0.2, 0.25) is 0 Å². The lowest BCUT2D eigenvalue weighted by molar-refractivity contribution is 0.0700. The van der Waals surface area contributed by atoms with Crippen molar-refractivity contribution in [2.45, 2.75) is 63.6 Å². The third kappa shape index (κ3) is 8.71. The summed E-state index contributed by atoms with van der Waals surface area (Å²) in [5.74, 6) is 0.860. The minimum Gasteiger partial charge on any atom is -0.507 e. The maximum Gasteiger partial charge on any atom is 0.213 e. The summed E-state index contributed by atoms with van der Waals surface area (Å²) in [5, 5.41) is 10.3. The normalized spacial score (nSPS) is 17.9. The van der Waals surface area contributed by atoms with Gasteiger partial charge in [0.25, 0.3) is 0 Å². The van der Waals surface area contributed by atoms with Crippen LogP contribution in [0.25, 0.3) is 0 Å². The summed E-state index contributed by atoms with van der Waals surface area (Å²) in [4.78, 5) is 0. The van der Waals surface area contributed by atoms with Gasteiger partial charge in [-0.25, -0.2) is 0 Å². The van der Waals surface area contributed by atoms with Gasteiger partial charge >= 0.3 is 0 Å². The number of alkyl halides is 1. The molecule has 1 fully saturated rings. The third-order valence-electron chi connectivity index (χ3n) is 6.19. The molecule has 0 saturated heterocycles. The van der Waals surface area contributed by atoms with Crippen molar-refractivity contribution in [1.82, 2.24) is 0 Å². The van der Waals surface area contributed by atoms with Crippen LogP contribution in [0.5, 0.6) is 17.2 Å². The van der Waals surface area contributed by atoms with Crippen molar-refractivity contribution in [2.24, 2.45) is 17.4 Å². The fraction of sp³-hybridized carbons (Fsp3) is 0.481. The van der Waals surface area contributed by atoms with Crippen molar-refractivity contribution >= 4 is 37.1 Å². The Morgan fingerprint density at radius 3 is 2.29 bits per heavy atom. The van der Waals surface area contributed by atoms with Gasteiger partial charge in [0.2, 0.25) is 5.85 Å². The lowest BCUT2D eigenvalue weighted by Gasteiger charge is -2.28. The molecular weight excluding hydrogens is 558 g/mol. The summed E-state index contributed by atoms with van der Waals surface area (Å²) in [6, 6.07) is 11.9. The quantitative estimate of drug-likeness (QED) is 0.112. The molecule has 2 aromatic carbocycles. The lowest BCUT2D eigenvalue weighted by Crippen LogP contribution is -2.55. The SMILES string of the molecule is C=CC1CCC(c2ccc(CCC(N)(N)Oc3ccc(O)c(P)c3OC)cc2)CC1.CCCI. The summed E-state index contributed by atoms with van der Waals surface area (Å²) in [5.41, 5.74) is 15.0. The fourth-order valence-corrected chi connectivity index (χ4v) is 4.46. The second-order valence-corrected chi connectivity index (χ2v) is 10.5. The molecule has 0 amide bonds. The molecule has 1 aliphatic carbocycles. The number of rotatable bonds is 9. The number of phenols is 1. The van der Waals surface area contributed by atoms with Crippen molar-refractivity contribution in [3.63, 3.8) is 0 Å². The van der Waals surface area contributed by atoms with Crippen LogP contribution in [0.15, 0.2) is 49.1 Å². The van der Waals surface area contributed by atoms with Gasteiger partial charge in [-0.15, -0.1) is 6.58 Å². The molecular formula is C27H40IN2O3P. The first-order chi connectivity index (χ1) is 16.2. The highest BCUT2D eigenvalue weighted by Crippen LogP contribution is 2.36. The van der Waals surface area contributed by atoms with E-state index in [1.165, 1.54) is 60.8 Å². The zero-order valence-corrected chi connectivity index (χ0v) is 23.7. The van der Waals surface area contributed by atoms with E-state index in [1.807, 2.05) is 0 Å². The molecule has 1 atom stereocenters. The molecule has 0 aromatic heterocycles. The van der Waals surface area contributed by atoms with Gasteiger partial charge < -0.3 is 14.6 Å². The number of hydrogen-bond acceptors (Lipinski definition) is 5. The lowest BCUT2D eigenvalue weighted by atomic mass is 9.78. The van der Waals surface area contributed by atoms with E-state index in [0.29, 0.717) is 41.5 Å². The fourth-order valence-electron chi connectivity index (χ4n) is 4.10. The number of benzene rings is 2. The van der Waals surface area contributed by atoms with E-state index in [4.69, 9.17) is 20.9 Å². The van der Waals surface area contributed by atoms with Crippen LogP contribution in [-0.4, -0.2) is 22.5 Å². The van der Waals surface area contributed by atoms with Gasteiger partial charge in [0.05, 0.1) is 12.4 Å². The van der Waals surface area contributed by atoms with Gasteiger partial charge in [-0.3, -0.25) is 11.5 Å². The summed E-state index contributed by atoms with van der Waals surface area (Å²) < 4.78 is 12.4. The van der Waals surface area contributed by atoms with E-state index in [1.54, 1.807) is 6.07 Å². The van der Waals surface area contributed by atoms with E-state index in [0.717, 1.165) is 0 Å². The Hall–Kier alpha value is -1.34. The number of aryl methyl sites for hydroxylation is 1. The number of methoxy groups -OCH3 is 1. The van der Waals surface area contributed by atoms with Crippen molar-refractivity contribution in [3.8, 4) is 17.2 Å². The third-order valence-corrected chi connectivity index (χ3v) is 7.83. The predicted octanol–water partition coefficient (Wildman–Crippen LogP) is 5.78. The summed E-state index contributed by atoms with van der Waals surface area (Å²) in [6.07, 6.45) is 9.46. The average Bonchev–Trinajstić information content (AvgIpc) is 2.86. The highest BCUT2D eigenvalue weighted by molar-refractivity contribution is 14.1. The van der Waals surface area contributed by atoms with Crippen molar-refractivity contribution in [1.29, 1.82) is 0 Å². The van der Waals surface area contributed by atoms with Gasteiger partial charge in [0.1, 0.15) is 5.75 Å². The van der Waals surface area contributed by atoms with Crippen LogP contribution in [-0.2, 0) is 6.42 Å². The highest BCUT2D eigenvalue weighted by Gasteiger charge is 2.25. The summed E-state index contributed by atoms with van der Waals surface area (Å²) >= 11 is 2.35. The molecule has 2 aromatic rings. The van der Waals surface area contributed by atoms with E-state index in [9.17, 15) is 5.11 Å². The zero-order valence-electron chi connectivity index (χ0n) is 20.4. The minimum atomic E-state index is -1.36. The number of nitrogens with two attached hydrogens (primary N) is 2. The average molecular weight is 599 g/mol. The molecule has 3 rings (SSSR count). The second kappa shape index (κ2) is 14.3. The molecule has 188 valence electrons. The Morgan fingerprint density at radius 2 is 1.76 bits per heavy atom. The Morgan fingerprint density at radius 1 is 1.15 bits per heavy atom. The Kier molecular flexibility index (Phi) is 12.1. The maximum absolute atomic E-state index is 9.82. The van der Waals surface area contributed by atoms with Crippen molar-refractivity contribution in [2.75, 3.05) is 11.5 Å². The van der Waals surface area contributed by atoms with E-state index in [2.05, 4.69) is 75.7 Å². The van der Waals surface area contributed by atoms with Crippen LogP contribution in [0, 0.1) is 5.92 Å². The number of aromatic hydroxyl groups is 1. The van der Waals surface area contributed by atoms with Crippen LogP contribution >= 0.6 is 31.8 Å². The first kappa shape index (κ1) is 28.9. The standard InChI is InChI=1S/C24H33N2O3P.C3H7I/c1-3-16-4-8-18(9-5-16)19-10-6-17(7-11-19)14-15-24(25,26)29-21-13-12-20(27)23(30)22(21)28-2;1-2-3-4/h3,6-7,10-13,16,18,27H,1,4-5,8-9,14-15,25-26,30H2,2H3;2-3H2,1H3. The zero-order chi connectivity index (χ0) is 25.1. The van der Waals surface area contributed by atoms with E-state index < -0.39 is 5.85 Å². The molecule has 5 N–H and O–H groups in total. The minimum absolute atomic E-state index is 0.0990. The smallest absolute Gasteiger partial charge is 0.213 e. The number of allylic oxidation sites excluding steroid dienone is 1.